The van der Waals surface area contributed by atoms with E-state index in [1.54, 1.807) is 6.07 Å². The molecule has 8 aromatic carbocycles. The van der Waals surface area contributed by atoms with Crippen LogP contribution < -0.4 is 0 Å². The van der Waals surface area contributed by atoms with E-state index in [0.29, 0.717) is 0 Å². The maximum absolute atomic E-state index is 15.7. The molecule has 244 valence electrons. The number of para-hydroxylation sites is 2. The molecular formula is C49H29FO2. The average Bonchev–Trinajstić information content (AvgIpc) is 3.87. The van der Waals surface area contributed by atoms with Crippen molar-refractivity contribution in [3.8, 4) is 33.4 Å². The van der Waals surface area contributed by atoms with Crippen LogP contribution in [-0.4, -0.2) is 0 Å². The van der Waals surface area contributed by atoms with Gasteiger partial charge in [-0.05, 0) is 80.9 Å². The van der Waals surface area contributed by atoms with Gasteiger partial charge >= 0.3 is 0 Å². The molecule has 2 heterocycles. The third-order valence-electron chi connectivity index (χ3n) is 11.0. The Balaban J connectivity index is 1.44. The van der Waals surface area contributed by atoms with Gasteiger partial charge in [-0.2, -0.15) is 0 Å². The second kappa shape index (κ2) is 10.9. The van der Waals surface area contributed by atoms with Gasteiger partial charge < -0.3 is 8.83 Å². The van der Waals surface area contributed by atoms with Crippen molar-refractivity contribution >= 4 is 43.9 Å². The highest BCUT2D eigenvalue weighted by atomic mass is 19.1. The zero-order valence-corrected chi connectivity index (χ0v) is 27.9. The quantitative estimate of drug-likeness (QED) is 0.187. The summed E-state index contributed by atoms with van der Waals surface area (Å²) in [6.07, 6.45) is 0. The Hall–Kier alpha value is -6.71. The molecule has 10 aromatic rings. The Morgan fingerprint density at radius 3 is 1.35 bits per heavy atom. The van der Waals surface area contributed by atoms with Gasteiger partial charge in [-0.3, -0.25) is 0 Å². The SMILES string of the molecule is Fc1cccc(C2(c3ccccc3)c3cc(-c4ccccc4)c4c(oc5ccccc54)c3-c3c2cc(-c2ccccc2)c2c3oc3ccccc32)c1. The van der Waals surface area contributed by atoms with E-state index < -0.39 is 5.41 Å². The maximum Gasteiger partial charge on any atom is 0.144 e. The first-order chi connectivity index (χ1) is 25.7. The standard InChI is InChI=1S/C49H29FO2/c50-34-22-14-21-33(27-34)49(32-19-8-3-9-20-32)39-28-37(30-15-4-1-5-16-30)43-35-23-10-12-25-41(35)51-47(43)45(39)46-40(49)29-38(31-17-6-2-7-18-31)44-36-24-11-13-26-42(36)52-48(44)46/h1-29H. The molecule has 1 aliphatic carbocycles. The van der Waals surface area contributed by atoms with Crippen LogP contribution >= 0.6 is 0 Å². The van der Waals surface area contributed by atoms with E-state index in [-0.39, 0.29) is 5.82 Å². The van der Waals surface area contributed by atoms with E-state index in [2.05, 4.69) is 115 Å². The van der Waals surface area contributed by atoms with Gasteiger partial charge in [0.25, 0.3) is 0 Å². The first-order valence-electron chi connectivity index (χ1n) is 17.6. The second-order valence-electron chi connectivity index (χ2n) is 13.7. The van der Waals surface area contributed by atoms with Crippen LogP contribution in [-0.2, 0) is 5.41 Å². The molecule has 0 N–H and O–H groups in total. The molecule has 0 spiro atoms. The fourth-order valence-electron chi connectivity index (χ4n) is 8.92. The molecule has 0 saturated carbocycles. The molecule has 0 fully saturated rings. The Bertz CT molecular complexity index is 2850. The number of hydrogen-bond acceptors (Lipinski definition) is 2. The van der Waals surface area contributed by atoms with Gasteiger partial charge in [-0.25, -0.2) is 4.39 Å². The number of rotatable bonds is 4. The lowest BCUT2D eigenvalue weighted by molar-refractivity contribution is 0.620. The summed E-state index contributed by atoms with van der Waals surface area (Å²) < 4.78 is 29.7. The smallest absolute Gasteiger partial charge is 0.144 e. The minimum absolute atomic E-state index is 0.288. The van der Waals surface area contributed by atoms with Gasteiger partial charge in [-0.1, -0.05) is 140 Å². The molecule has 0 aliphatic heterocycles. The summed E-state index contributed by atoms with van der Waals surface area (Å²) >= 11 is 0. The van der Waals surface area contributed by atoms with Crippen LogP contribution in [0, 0.1) is 5.82 Å². The molecule has 0 amide bonds. The number of fused-ring (bicyclic) bond motifs is 11. The van der Waals surface area contributed by atoms with E-state index in [0.717, 1.165) is 99.5 Å². The highest BCUT2D eigenvalue weighted by Crippen LogP contribution is 2.63. The van der Waals surface area contributed by atoms with Crippen molar-refractivity contribution in [1.29, 1.82) is 0 Å². The molecule has 2 nitrogen and oxygen atoms in total. The van der Waals surface area contributed by atoms with Crippen LogP contribution in [0.25, 0.3) is 77.3 Å². The summed E-state index contributed by atoms with van der Waals surface area (Å²) in [7, 11) is 0. The summed E-state index contributed by atoms with van der Waals surface area (Å²) in [5.41, 5.74) is 12.4. The van der Waals surface area contributed by atoms with E-state index in [1.807, 2.05) is 48.5 Å². The highest BCUT2D eigenvalue weighted by Gasteiger charge is 2.50. The summed E-state index contributed by atoms with van der Waals surface area (Å²) in [4.78, 5) is 0. The monoisotopic (exact) mass is 668 g/mol. The van der Waals surface area contributed by atoms with Gasteiger partial charge in [0.05, 0.1) is 5.41 Å². The predicted octanol–water partition coefficient (Wildman–Crippen LogP) is 13.3. The van der Waals surface area contributed by atoms with E-state index in [4.69, 9.17) is 8.83 Å². The molecule has 0 atom stereocenters. The summed E-state index contributed by atoms with van der Waals surface area (Å²) in [5, 5.41) is 4.19. The van der Waals surface area contributed by atoms with Crippen LogP contribution in [0.4, 0.5) is 4.39 Å². The van der Waals surface area contributed by atoms with E-state index in [1.165, 1.54) is 6.07 Å². The second-order valence-corrected chi connectivity index (χ2v) is 13.7. The zero-order valence-electron chi connectivity index (χ0n) is 27.9. The van der Waals surface area contributed by atoms with Crippen LogP contribution in [0.3, 0.4) is 0 Å². The topological polar surface area (TPSA) is 26.3 Å². The molecule has 3 heteroatoms. The first-order valence-corrected chi connectivity index (χ1v) is 17.6. The van der Waals surface area contributed by atoms with Crippen molar-refractivity contribution in [2.24, 2.45) is 0 Å². The van der Waals surface area contributed by atoms with Gasteiger partial charge in [0, 0.05) is 32.7 Å². The van der Waals surface area contributed by atoms with E-state index in [9.17, 15) is 0 Å². The maximum atomic E-state index is 15.7. The van der Waals surface area contributed by atoms with Crippen molar-refractivity contribution in [3.05, 3.63) is 204 Å². The normalized spacial score (nSPS) is 13.2. The number of halogens is 1. The van der Waals surface area contributed by atoms with E-state index >= 15 is 4.39 Å². The molecule has 0 bridgehead atoms. The molecule has 2 aromatic heterocycles. The Morgan fingerprint density at radius 1 is 0.404 bits per heavy atom. The predicted molar refractivity (Wildman–Crippen MR) is 209 cm³/mol. The Morgan fingerprint density at radius 2 is 0.846 bits per heavy atom. The molecule has 0 unspecified atom stereocenters. The van der Waals surface area contributed by atoms with Crippen molar-refractivity contribution in [2.75, 3.05) is 0 Å². The van der Waals surface area contributed by atoms with Crippen LogP contribution in [0.5, 0.6) is 0 Å². The van der Waals surface area contributed by atoms with Crippen molar-refractivity contribution < 1.29 is 13.2 Å². The van der Waals surface area contributed by atoms with Crippen LogP contribution in [0.1, 0.15) is 22.3 Å². The average molecular weight is 669 g/mol. The van der Waals surface area contributed by atoms with Gasteiger partial charge in [-0.15, -0.1) is 0 Å². The van der Waals surface area contributed by atoms with Crippen molar-refractivity contribution in [2.45, 2.75) is 5.41 Å². The lowest BCUT2D eigenvalue weighted by Gasteiger charge is -2.34. The summed E-state index contributed by atoms with van der Waals surface area (Å²) in [6.45, 7) is 0. The molecule has 0 radical (unpaired) electrons. The number of hydrogen-bond donors (Lipinski definition) is 0. The number of benzene rings is 8. The Labute approximate surface area is 299 Å². The third-order valence-corrected chi connectivity index (χ3v) is 11.0. The third kappa shape index (κ3) is 3.88. The first kappa shape index (κ1) is 29.1. The van der Waals surface area contributed by atoms with Crippen molar-refractivity contribution in [1.82, 2.24) is 0 Å². The van der Waals surface area contributed by atoms with Gasteiger partial charge in [0.1, 0.15) is 28.1 Å². The van der Waals surface area contributed by atoms with Gasteiger partial charge in [0.2, 0.25) is 0 Å². The molecule has 0 saturated heterocycles. The lowest BCUT2D eigenvalue weighted by Crippen LogP contribution is -2.29. The summed E-state index contributed by atoms with van der Waals surface area (Å²) in [5.74, 6) is -0.288. The molecular weight excluding hydrogens is 640 g/mol. The highest BCUT2D eigenvalue weighted by molar-refractivity contribution is 6.24. The molecule has 1 aliphatic rings. The zero-order chi connectivity index (χ0) is 34.4. The van der Waals surface area contributed by atoms with Crippen LogP contribution in [0.15, 0.2) is 185 Å². The lowest BCUT2D eigenvalue weighted by atomic mass is 9.67. The number of furan rings is 2. The van der Waals surface area contributed by atoms with Gasteiger partial charge in [0.15, 0.2) is 0 Å². The van der Waals surface area contributed by atoms with Crippen LogP contribution in [0.2, 0.25) is 0 Å². The van der Waals surface area contributed by atoms with Crippen molar-refractivity contribution in [3.63, 3.8) is 0 Å². The summed E-state index contributed by atoms with van der Waals surface area (Å²) in [6, 6.07) is 59.8. The molecule has 11 rings (SSSR count). The fraction of sp³-hybridized carbons (Fsp3) is 0.0204. The Kier molecular flexibility index (Phi) is 6.09. The largest absolute Gasteiger partial charge is 0.455 e. The molecule has 52 heavy (non-hydrogen) atoms. The minimum Gasteiger partial charge on any atom is -0.455 e. The fourth-order valence-corrected chi connectivity index (χ4v) is 8.92. The minimum atomic E-state index is -0.929.